The van der Waals surface area contributed by atoms with Crippen LogP contribution in [0.5, 0.6) is 5.75 Å². The molecule has 0 aliphatic rings. The summed E-state index contributed by atoms with van der Waals surface area (Å²) in [4.78, 5) is 2.14. The van der Waals surface area contributed by atoms with Gasteiger partial charge < -0.3 is 5.11 Å². The number of hydrogen-bond acceptors (Lipinski definition) is 2. The Balaban J connectivity index is 2.19. The summed E-state index contributed by atoms with van der Waals surface area (Å²) in [6, 6.07) is 13.5. The van der Waals surface area contributed by atoms with Crippen LogP contribution in [-0.2, 0) is 6.42 Å². The van der Waals surface area contributed by atoms with Gasteiger partial charge in [-0.25, -0.2) is 0 Å². The first kappa shape index (κ1) is 12.3. The van der Waals surface area contributed by atoms with Crippen LogP contribution >= 0.6 is 23.4 Å². The number of phenols is 1. The maximum Gasteiger partial charge on any atom is 0.119 e. The highest BCUT2D eigenvalue weighted by atomic mass is 35.5. The predicted molar refractivity (Wildman–Crippen MR) is 73.1 cm³/mol. The summed E-state index contributed by atoms with van der Waals surface area (Å²) >= 11 is 7.44. The summed E-state index contributed by atoms with van der Waals surface area (Å²) in [5, 5.41) is 10.5. The first-order valence-corrected chi connectivity index (χ1v) is 6.64. The van der Waals surface area contributed by atoms with Crippen molar-refractivity contribution in [2.75, 3.05) is 0 Å². The van der Waals surface area contributed by atoms with Crippen molar-refractivity contribution < 1.29 is 5.11 Å². The second kappa shape index (κ2) is 5.48. The van der Waals surface area contributed by atoms with E-state index in [4.69, 9.17) is 11.6 Å². The minimum absolute atomic E-state index is 0.367. The summed E-state index contributed by atoms with van der Waals surface area (Å²) in [6.45, 7) is 2.03. The van der Waals surface area contributed by atoms with Gasteiger partial charge in [0.25, 0.3) is 0 Å². The number of hydrogen-bond donors (Lipinski definition) is 1. The summed E-state index contributed by atoms with van der Waals surface area (Å²) in [7, 11) is 0. The van der Waals surface area contributed by atoms with E-state index in [2.05, 4.69) is 0 Å². The Kier molecular flexibility index (Phi) is 3.97. The quantitative estimate of drug-likeness (QED) is 0.863. The van der Waals surface area contributed by atoms with Gasteiger partial charge in [-0.2, -0.15) is 0 Å². The zero-order chi connectivity index (χ0) is 12.3. The van der Waals surface area contributed by atoms with Crippen LogP contribution < -0.4 is 0 Å². The van der Waals surface area contributed by atoms with E-state index in [0.717, 1.165) is 26.8 Å². The van der Waals surface area contributed by atoms with E-state index in [9.17, 15) is 5.11 Å². The topological polar surface area (TPSA) is 20.2 Å². The summed E-state index contributed by atoms with van der Waals surface area (Å²) in [5.74, 6) is 0.367. The predicted octanol–water partition coefficient (Wildman–Crippen LogP) is 4.76. The standard InChI is InChI=1S/C14H13ClOS/c1-2-10-3-6-13(9-14(10)16)17-12-7-4-11(15)5-8-12/h3-9,16H,2H2,1H3. The number of aromatic hydroxyl groups is 1. The molecule has 2 aromatic rings. The van der Waals surface area contributed by atoms with E-state index in [1.165, 1.54) is 0 Å². The number of phenolic OH excluding ortho intramolecular Hbond substituents is 1. The normalized spacial score (nSPS) is 10.5. The smallest absolute Gasteiger partial charge is 0.119 e. The minimum atomic E-state index is 0.367. The molecule has 0 unspecified atom stereocenters. The molecule has 2 rings (SSSR count). The van der Waals surface area contributed by atoms with Crippen LogP contribution in [0.2, 0.25) is 5.02 Å². The van der Waals surface area contributed by atoms with Crippen LogP contribution in [0.3, 0.4) is 0 Å². The molecule has 1 N–H and O–H groups in total. The molecule has 0 aliphatic heterocycles. The van der Waals surface area contributed by atoms with Crippen molar-refractivity contribution in [2.24, 2.45) is 0 Å². The third-order valence-electron chi connectivity index (χ3n) is 2.49. The second-order valence-corrected chi connectivity index (χ2v) is 5.28. The second-order valence-electron chi connectivity index (χ2n) is 3.70. The van der Waals surface area contributed by atoms with Crippen LogP contribution in [0.4, 0.5) is 0 Å². The number of benzene rings is 2. The molecule has 0 saturated carbocycles. The first-order valence-electron chi connectivity index (χ1n) is 5.44. The van der Waals surface area contributed by atoms with Gasteiger partial charge in [0.1, 0.15) is 5.75 Å². The Labute approximate surface area is 110 Å². The lowest BCUT2D eigenvalue weighted by Crippen LogP contribution is -1.82. The van der Waals surface area contributed by atoms with Gasteiger partial charge in [0.05, 0.1) is 0 Å². The van der Waals surface area contributed by atoms with Crippen molar-refractivity contribution in [2.45, 2.75) is 23.1 Å². The largest absolute Gasteiger partial charge is 0.508 e. The third-order valence-corrected chi connectivity index (χ3v) is 3.74. The highest BCUT2D eigenvalue weighted by Gasteiger charge is 2.02. The Bertz CT molecular complexity index is 508. The monoisotopic (exact) mass is 264 g/mol. The van der Waals surface area contributed by atoms with E-state index in [1.807, 2.05) is 43.3 Å². The van der Waals surface area contributed by atoms with E-state index in [0.29, 0.717) is 5.75 Å². The van der Waals surface area contributed by atoms with E-state index in [-0.39, 0.29) is 0 Å². The summed E-state index contributed by atoms with van der Waals surface area (Å²) in [5.41, 5.74) is 0.977. The molecule has 2 aromatic carbocycles. The van der Waals surface area contributed by atoms with Crippen molar-refractivity contribution >= 4 is 23.4 Å². The molecule has 88 valence electrons. The van der Waals surface area contributed by atoms with Gasteiger partial charge in [-0.15, -0.1) is 0 Å². The van der Waals surface area contributed by atoms with Crippen LogP contribution in [0.1, 0.15) is 12.5 Å². The Hall–Kier alpha value is -1.12. The molecular formula is C14H13ClOS. The van der Waals surface area contributed by atoms with Crippen molar-refractivity contribution in [3.63, 3.8) is 0 Å². The van der Waals surface area contributed by atoms with Crippen LogP contribution in [0.15, 0.2) is 52.3 Å². The van der Waals surface area contributed by atoms with Gasteiger partial charge in [-0.3, -0.25) is 0 Å². The van der Waals surface area contributed by atoms with Crippen LogP contribution in [0, 0.1) is 0 Å². The SMILES string of the molecule is CCc1ccc(Sc2ccc(Cl)cc2)cc1O. The van der Waals surface area contributed by atoms with Gasteiger partial charge in [-0.1, -0.05) is 36.4 Å². The highest BCUT2D eigenvalue weighted by Crippen LogP contribution is 2.32. The van der Waals surface area contributed by atoms with Gasteiger partial charge in [0.2, 0.25) is 0 Å². The Morgan fingerprint density at radius 1 is 1.06 bits per heavy atom. The van der Waals surface area contributed by atoms with Gasteiger partial charge in [0.15, 0.2) is 0 Å². The molecule has 0 spiro atoms. The fraction of sp³-hybridized carbons (Fsp3) is 0.143. The van der Waals surface area contributed by atoms with E-state index in [1.54, 1.807) is 17.8 Å². The third kappa shape index (κ3) is 3.18. The van der Waals surface area contributed by atoms with Crippen molar-refractivity contribution in [3.8, 4) is 5.75 Å². The molecule has 0 fully saturated rings. The van der Waals surface area contributed by atoms with E-state index >= 15 is 0 Å². The molecule has 1 nitrogen and oxygen atoms in total. The lowest BCUT2D eigenvalue weighted by molar-refractivity contribution is 0.467. The lowest BCUT2D eigenvalue weighted by Gasteiger charge is -2.05. The maximum absolute atomic E-state index is 9.78. The fourth-order valence-corrected chi connectivity index (χ4v) is 2.52. The lowest BCUT2D eigenvalue weighted by atomic mass is 10.1. The van der Waals surface area contributed by atoms with Gasteiger partial charge in [0, 0.05) is 14.8 Å². The number of halogens is 1. The number of rotatable bonds is 3. The van der Waals surface area contributed by atoms with Crippen molar-refractivity contribution in [1.29, 1.82) is 0 Å². The van der Waals surface area contributed by atoms with Gasteiger partial charge >= 0.3 is 0 Å². The summed E-state index contributed by atoms with van der Waals surface area (Å²) in [6.07, 6.45) is 0.845. The zero-order valence-electron chi connectivity index (χ0n) is 9.48. The summed E-state index contributed by atoms with van der Waals surface area (Å²) < 4.78 is 0. The average Bonchev–Trinajstić information content (AvgIpc) is 2.32. The molecule has 0 amide bonds. The molecule has 0 atom stereocenters. The first-order chi connectivity index (χ1) is 8.19. The molecule has 0 bridgehead atoms. The molecule has 17 heavy (non-hydrogen) atoms. The maximum atomic E-state index is 9.78. The average molecular weight is 265 g/mol. The minimum Gasteiger partial charge on any atom is -0.508 e. The van der Waals surface area contributed by atoms with Crippen LogP contribution in [0.25, 0.3) is 0 Å². The van der Waals surface area contributed by atoms with Gasteiger partial charge in [-0.05, 0) is 48.4 Å². The molecule has 0 radical (unpaired) electrons. The highest BCUT2D eigenvalue weighted by molar-refractivity contribution is 7.99. The Morgan fingerprint density at radius 3 is 2.29 bits per heavy atom. The molecule has 0 aromatic heterocycles. The number of aryl methyl sites for hydroxylation is 1. The molecule has 0 saturated heterocycles. The van der Waals surface area contributed by atoms with Crippen LogP contribution in [-0.4, -0.2) is 5.11 Å². The zero-order valence-corrected chi connectivity index (χ0v) is 11.1. The molecular weight excluding hydrogens is 252 g/mol. The van der Waals surface area contributed by atoms with Crippen molar-refractivity contribution in [1.82, 2.24) is 0 Å². The Morgan fingerprint density at radius 2 is 1.71 bits per heavy atom. The fourth-order valence-electron chi connectivity index (χ4n) is 1.54. The van der Waals surface area contributed by atoms with Crippen molar-refractivity contribution in [3.05, 3.63) is 53.1 Å². The molecule has 0 heterocycles. The van der Waals surface area contributed by atoms with E-state index < -0.39 is 0 Å². The molecule has 0 aliphatic carbocycles. The molecule has 3 heteroatoms.